The van der Waals surface area contributed by atoms with Crippen LogP contribution in [0, 0.1) is 11.6 Å². The van der Waals surface area contributed by atoms with Gasteiger partial charge in [-0.3, -0.25) is 0 Å². The smallest absolute Gasteiger partial charge is 0.123 e. The second kappa shape index (κ2) is 5.06. The van der Waals surface area contributed by atoms with Crippen molar-refractivity contribution < 1.29 is 8.78 Å². The Morgan fingerprint density at radius 1 is 0.882 bits per heavy atom. The van der Waals surface area contributed by atoms with Crippen LogP contribution in [0.3, 0.4) is 0 Å². The van der Waals surface area contributed by atoms with Crippen LogP contribution in [-0.4, -0.2) is 7.05 Å². The molecule has 1 N–H and O–H groups in total. The van der Waals surface area contributed by atoms with Gasteiger partial charge in [0.15, 0.2) is 0 Å². The van der Waals surface area contributed by atoms with E-state index in [1.165, 1.54) is 24.3 Å². The van der Waals surface area contributed by atoms with Crippen molar-refractivity contribution in [1.82, 2.24) is 5.32 Å². The highest BCUT2D eigenvalue weighted by Crippen LogP contribution is 2.22. The Balaban J connectivity index is 2.36. The molecule has 0 amide bonds. The first kappa shape index (κ1) is 11.7. The minimum absolute atomic E-state index is 0.133. The summed E-state index contributed by atoms with van der Waals surface area (Å²) in [7, 11) is 1.79. The fraction of sp³-hybridized carbons (Fsp3) is 0.143. The van der Waals surface area contributed by atoms with Crippen LogP contribution in [0.5, 0.6) is 0 Å². The fourth-order valence-corrected chi connectivity index (χ4v) is 1.87. The Labute approximate surface area is 99.1 Å². The Morgan fingerprint density at radius 2 is 1.59 bits per heavy atom. The van der Waals surface area contributed by atoms with Crippen molar-refractivity contribution in [3.05, 3.63) is 71.3 Å². The average Bonchev–Trinajstić information content (AvgIpc) is 2.33. The molecule has 2 rings (SSSR count). The number of benzene rings is 2. The summed E-state index contributed by atoms with van der Waals surface area (Å²) in [5, 5.41) is 3.09. The molecule has 0 saturated carbocycles. The quantitative estimate of drug-likeness (QED) is 0.857. The van der Waals surface area contributed by atoms with E-state index >= 15 is 0 Å². The third kappa shape index (κ3) is 2.68. The molecular weight excluding hydrogens is 220 g/mol. The molecular formula is C14H13F2N. The van der Waals surface area contributed by atoms with Gasteiger partial charge >= 0.3 is 0 Å². The topological polar surface area (TPSA) is 12.0 Å². The van der Waals surface area contributed by atoms with Gasteiger partial charge in [-0.1, -0.05) is 24.3 Å². The maximum Gasteiger partial charge on any atom is 0.123 e. The lowest BCUT2D eigenvalue weighted by Gasteiger charge is -2.17. The molecule has 2 aromatic carbocycles. The van der Waals surface area contributed by atoms with Gasteiger partial charge in [0.05, 0.1) is 6.04 Å². The van der Waals surface area contributed by atoms with Crippen molar-refractivity contribution in [3.8, 4) is 0 Å². The largest absolute Gasteiger partial charge is 0.309 e. The molecule has 0 radical (unpaired) electrons. The molecule has 88 valence electrons. The van der Waals surface area contributed by atoms with Crippen molar-refractivity contribution in [3.63, 3.8) is 0 Å². The first-order chi connectivity index (χ1) is 8.20. The molecule has 0 aliphatic carbocycles. The van der Waals surface area contributed by atoms with E-state index in [1.54, 1.807) is 25.2 Å². The highest BCUT2D eigenvalue weighted by Gasteiger charge is 2.12. The van der Waals surface area contributed by atoms with Gasteiger partial charge in [0.2, 0.25) is 0 Å². The van der Waals surface area contributed by atoms with E-state index < -0.39 is 0 Å². The molecule has 0 spiro atoms. The molecule has 0 saturated heterocycles. The van der Waals surface area contributed by atoms with E-state index in [4.69, 9.17) is 0 Å². The molecule has 0 aliphatic rings. The summed E-state index contributed by atoms with van der Waals surface area (Å²) in [5.41, 5.74) is 1.72. The molecule has 0 fully saturated rings. The predicted molar refractivity (Wildman–Crippen MR) is 63.7 cm³/mol. The number of hydrogen-bond donors (Lipinski definition) is 1. The van der Waals surface area contributed by atoms with Crippen LogP contribution in [0.25, 0.3) is 0 Å². The molecule has 1 nitrogen and oxygen atoms in total. The zero-order valence-corrected chi connectivity index (χ0v) is 9.45. The first-order valence-corrected chi connectivity index (χ1v) is 5.39. The van der Waals surface area contributed by atoms with Gasteiger partial charge in [-0.05, 0) is 42.4 Å². The third-order valence-corrected chi connectivity index (χ3v) is 2.67. The Bertz CT molecular complexity index is 494. The van der Waals surface area contributed by atoms with Crippen molar-refractivity contribution >= 4 is 0 Å². The highest BCUT2D eigenvalue weighted by molar-refractivity contribution is 5.32. The summed E-state index contributed by atoms with van der Waals surface area (Å²) in [6, 6.07) is 12.4. The summed E-state index contributed by atoms with van der Waals surface area (Å²) in [5.74, 6) is -0.548. The Hall–Kier alpha value is -1.74. The van der Waals surface area contributed by atoms with Crippen LogP contribution in [0.15, 0.2) is 48.5 Å². The van der Waals surface area contributed by atoms with Crippen molar-refractivity contribution in [2.45, 2.75) is 6.04 Å². The lowest BCUT2D eigenvalue weighted by molar-refractivity contribution is 0.613. The first-order valence-electron chi connectivity index (χ1n) is 5.39. The summed E-state index contributed by atoms with van der Waals surface area (Å²) < 4.78 is 26.0. The normalized spacial score (nSPS) is 12.4. The Morgan fingerprint density at radius 3 is 2.18 bits per heavy atom. The van der Waals surface area contributed by atoms with Gasteiger partial charge in [0.25, 0.3) is 0 Å². The fourth-order valence-electron chi connectivity index (χ4n) is 1.87. The van der Waals surface area contributed by atoms with Crippen LogP contribution in [0.4, 0.5) is 8.78 Å². The van der Waals surface area contributed by atoms with Gasteiger partial charge in [-0.15, -0.1) is 0 Å². The van der Waals surface area contributed by atoms with Crippen LogP contribution < -0.4 is 5.32 Å². The second-order valence-electron chi connectivity index (χ2n) is 3.83. The monoisotopic (exact) mass is 233 g/mol. The molecule has 0 heterocycles. The van der Waals surface area contributed by atoms with Gasteiger partial charge in [0, 0.05) is 0 Å². The molecule has 0 aromatic heterocycles. The lowest BCUT2D eigenvalue weighted by atomic mass is 9.99. The molecule has 0 aliphatic heterocycles. The van der Waals surface area contributed by atoms with Crippen molar-refractivity contribution in [1.29, 1.82) is 0 Å². The number of hydrogen-bond acceptors (Lipinski definition) is 1. The molecule has 1 atom stereocenters. The minimum Gasteiger partial charge on any atom is -0.309 e. The molecule has 3 heteroatoms. The Kier molecular flexibility index (Phi) is 3.49. The average molecular weight is 233 g/mol. The molecule has 0 bridgehead atoms. The highest BCUT2D eigenvalue weighted by atomic mass is 19.1. The predicted octanol–water partition coefficient (Wildman–Crippen LogP) is 3.27. The van der Waals surface area contributed by atoms with Gasteiger partial charge < -0.3 is 5.32 Å². The van der Waals surface area contributed by atoms with Crippen LogP contribution in [0.2, 0.25) is 0 Å². The summed E-state index contributed by atoms with van der Waals surface area (Å²) in [4.78, 5) is 0. The van der Waals surface area contributed by atoms with Crippen LogP contribution in [-0.2, 0) is 0 Å². The van der Waals surface area contributed by atoms with Crippen LogP contribution in [0.1, 0.15) is 17.2 Å². The SMILES string of the molecule is CNC(c1ccc(F)cc1)c1cccc(F)c1. The molecule has 1 unspecified atom stereocenters. The summed E-state index contributed by atoms with van der Waals surface area (Å²) in [6.45, 7) is 0. The van der Waals surface area contributed by atoms with E-state index in [2.05, 4.69) is 5.32 Å². The summed E-state index contributed by atoms with van der Waals surface area (Å²) in [6.07, 6.45) is 0. The van der Waals surface area contributed by atoms with E-state index in [0.29, 0.717) is 0 Å². The standard InChI is InChI=1S/C14H13F2N/c1-17-14(10-5-7-12(15)8-6-10)11-3-2-4-13(16)9-11/h2-9,14,17H,1H3. The van der Waals surface area contributed by atoms with Gasteiger partial charge in [0.1, 0.15) is 11.6 Å². The van der Waals surface area contributed by atoms with Gasteiger partial charge in [-0.25, -0.2) is 8.78 Å². The second-order valence-corrected chi connectivity index (χ2v) is 3.83. The van der Waals surface area contributed by atoms with E-state index in [1.807, 2.05) is 6.07 Å². The van der Waals surface area contributed by atoms with Gasteiger partial charge in [-0.2, -0.15) is 0 Å². The number of halogens is 2. The number of nitrogens with one attached hydrogen (secondary N) is 1. The third-order valence-electron chi connectivity index (χ3n) is 2.67. The zero-order chi connectivity index (χ0) is 12.3. The van der Waals surface area contributed by atoms with Crippen LogP contribution >= 0.6 is 0 Å². The van der Waals surface area contributed by atoms with Crippen molar-refractivity contribution in [2.24, 2.45) is 0 Å². The van der Waals surface area contributed by atoms with E-state index in [9.17, 15) is 8.78 Å². The van der Waals surface area contributed by atoms with Crippen molar-refractivity contribution in [2.75, 3.05) is 7.05 Å². The zero-order valence-electron chi connectivity index (χ0n) is 9.45. The number of rotatable bonds is 3. The molecule has 2 aromatic rings. The minimum atomic E-state index is -0.275. The molecule has 17 heavy (non-hydrogen) atoms. The van der Waals surface area contributed by atoms with E-state index in [0.717, 1.165) is 11.1 Å². The summed E-state index contributed by atoms with van der Waals surface area (Å²) >= 11 is 0. The van der Waals surface area contributed by atoms with E-state index in [-0.39, 0.29) is 17.7 Å². The lowest BCUT2D eigenvalue weighted by Crippen LogP contribution is -2.17. The maximum absolute atomic E-state index is 13.2. The maximum atomic E-state index is 13.2.